The number of hydrogen-bond acceptors (Lipinski definition) is 5. The molecule has 0 fully saturated rings. The average Bonchev–Trinajstić information content (AvgIpc) is 3.41. The first-order valence-electron chi connectivity index (χ1n) is 16.5. The SMILES string of the molecule is CCCc1nc2c(C)cc(C(=O)N[C@@H](CSC(=O)CC(C)C)Cc3ccccc3)cc2n1Cc1ccc(-c2ccccc2C(=O)O)cc1. The minimum absolute atomic E-state index is 0.140. The molecule has 0 aliphatic carbocycles. The second-order valence-corrected chi connectivity index (χ2v) is 13.8. The van der Waals surface area contributed by atoms with Crippen molar-refractivity contribution < 1.29 is 19.5 Å². The van der Waals surface area contributed by atoms with Gasteiger partial charge in [0.15, 0.2) is 5.12 Å². The number of aryl methyl sites for hydroxylation is 2. The van der Waals surface area contributed by atoms with Gasteiger partial charge < -0.3 is 15.0 Å². The van der Waals surface area contributed by atoms with Crippen molar-refractivity contribution in [2.75, 3.05) is 5.75 Å². The molecule has 7 nitrogen and oxygen atoms in total. The molecule has 1 atom stereocenters. The largest absolute Gasteiger partial charge is 0.478 e. The van der Waals surface area contributed by atoms with E-state index in [1.54, 1.807) is 12.1 Å². The third-order valence-electron chi connectivity index (χ3n) is 8.30. The molecule has 8 heteroatoms. The van der Waals surface area contributed by atoms with Crippen LogP contribution >= 0.6 is 11.8 Å². The van der Waals surface area contributed by atoms with Crippen LogP contribution in [0.1, 0.15) is 76.8 Å². The number of aromatic carboxylic acids is 1. The van der Waals surface area contributed by atoms with Crippen LogP contribution in [0.5, 0.6) is 0 Å². The van der Waals surface area contributed by atoms with Crippen LogP contribution in [0, 0.1) is 12.8 Å². The predicted molar refractivity (Wildman–Crippen MR) is 195 cm³/mol. The predicted octanol–water partition coefficient (Wildman–Crippen LogP) is 8.36. The summed E-state index contributed by atoms with van der Waals surface area (Å²) >= 11 is 1.29. The Kier molecular flexibility index (Phi) is 11.5. The van der Waals surface area contributed by atoms with E-state index >= 15 is 0 Å². The molecule has 5 aromatic rings. The van der Waals surface area contributed by atoms with Crippen LogP contribution in [0.3, 0.4) is 0 Å². The van der Waals surface area contributed by atoms with Crippen molar-refractivity contribution in [2.24, 2.45) is 5.92 Å². The van der Waals surface area contributed by atoms with E-state index in [0.717, 1.165) is 52.0 Å². The van der Waals surface area contributed by atoms with E-state index in [-0.39, 0.29) is 28.5 Å². The van der Waals surface area contributed by atoms with Gasteiger partial charge in [-0.1, -0.05) is 105 Å². The summed E-state index contributed by atoms with van der Waals surface area (Å²) in [4.78, 5) is 43.2. The topological polar surface area (TPSA) is 101 Å². The summed E-state index contributed by atoms with van der Waals surface area (Å²) in [5.41, 5.74) is 7.18. The molecule has 4 aromatic carbocycles. The molecule has 0 aliphatic rings. The highest BCUT2D eigenvalue weighted by atomic mass is 32.2. The zero-order valence-corrected chi connectivity index (χ0v) is 28.8. The number of imidazole rings is 1. The fourth-order valence-corrected chi connectivity index (χ4v) is 7.00. The highest BCUT2D eigenvalue weighted by molar-refractivity contribution is 8.13. The Morgan fingerprint density at radius 1 is 0.917 bits per heavy atom. The van der Waals surface area contributed by atoms with Crippen LogP contribution in [-0.4, -0.2) is 43.4 Å². The maximum atomic E-state index is 13.8. The monoisotopic (exact) mass is 661 g/mol. The third-order valence-corrected chi connectivity index (χ3v) is 9.36. The van der Waals surface area contributed by atoms with Crippen molar-refractivity contribution in [3.63, 3.8) is 0 Å². The molecule has 0 bridgehead atoms. The van der Waals surface area contributed by atoms with E-state index in [1.165, 1.54) is 11.8 Å². The first-order valence-corrected chi connectivity index (χ1v) is 17.5. The molecule has 0 radical (unpaired) electrons. The third kappa shape index (κ3) is 8.61. The average molecular weight is 662 g/mol. The number of carboxylic acids is 1. The van der Waals surface area contributed by atoms with Gasteiger partial charge in [0, 0.05) is 36.7 Å². The highest BCUT2D eigenvalue weighted by Gasteiger charge is 2.21. The molecule has 48 heavy (non-hydrogen) atoms. The van der Waals surface area contributed by atoms with Crippen molar-refractivity contribution in [1.29, 1.82) is 0 Å². The van der Waals surface area contributed by atoms with Gasteiger partial charge in [0.05, 0.1) is 16.6 Å². The number of carboxylic acid groups (broad SMARTS) is 1. The Morgan fingerprint density at radius 2 is 1.62 bits per heavy atom. The molecule has 5 rings (SSSR count). The lowest BCUT2D eigenvalue weighted by Gasteiger charge is -2.19. The lowest BCUT2D eigenvalue weighted by molar-refractivity contribution is -0.111. The molecule has 0 saturated heterocycles. The van der Waals surface area contributed by atoms with Crippen molar-refractivity contribution in [3.05, 3.63) is 125 Å². The number of carbonyl (C=O) groups excluding carboxylic acids is 2. The minimum atomic E-state index is -0.955. The number of amides is 1. The second kappa shape index (κ2) is 15.9. The van der Waals surface area contributed by atoms with Crippen molar-refractivity contribution in [3.8, 4) is 11.1 Å². The van der Waals surface area contributed by atoms with Gasteiger partial charge in [0.25, 0.3) is 5.91 Å². The van der Waals surface area contributed by atoms with Crippen molar-refractivity contribution in [2.45, 2.75) is 66.0 Å². The number of fused-ring (bicyclic) bond motifs is 1. The van der Waals surface area contributed by atoms with Gasteiger partial charge in [0.1, 0.15) is 5.82 Å². The Bertz CT molecular complexity index is 1900. The number of hydrogen-bond donors (Lipinski definition) is 2. The summed E-state index contributed by atoms with van der Waals surface area (Å²) in [7, 11) is 0. The molecule has 0 aliphatic heterocycles. The van der Waals surface area contributed by atoms with E-state index in [2.05, 4.69) is 16.8 Å². The Balaban J connectivity index is 1.42. The molecule has 0 spiro atoms. The molecule has 248 valence electrons. The maximum absolute atomic E-state index is 13.8. The van der Waals surface area contributed by atoms with Crippen LogP contribution in [0.2, 0.25) is 0 Å². The number of thioether (sulfide) groups is 1. The molecule has 1 amide bonds. The van der Waals surface area contributed by atoms with Crippen LogP contribution in [0.15, 0.2) is 91.0 Å². The van der Waals surface area contributed by atoms with E-state index in [9.17, 15) is 19.5 Å². The van der Waals surface area contributed by atoms with Gasteiger partial charge in [-0.25, -0.2) is 9.78 Å². The van der Waals surface area contributed by atoms with E-state index < -0.39 is 5.97 Å². The van der Waals surface area contributed by atoms with Crippen LogP contribution in [0.4, 0.5) is 0 Å². The van der Waals surface area contributed by atoms with Gasteiger partial charge in [-0.3, -0.25) is 9.59 Å². The molecular weight excluding hydrogens is 619 g/mol. The first-order chi connectivity index (χ1) is 23.1. The number of aromatic nitrogens is 2. The van der Waals surface area contributed by atoms with Crippen LogP contribution in [0.25, 0.3) is 22.2 Å². The van der Waals surface area contributed by atoms with E-state index in [0.29, 0.717) is 36.3 Å². The molecule has 0 unspecified atom stereocenters. The maximum Gasteiger partial charge on any atom is 0.336 e. The van der Waals surface area contributed by atoms with Crippen molar-refractivity contribution >= 4 is 39.8 Å². The number of nitrogens with one attached hydrogen (secondary N) is 1. The smallest absolute Gasteiger partial charge is 0.336 e. The zero-order valence-electron chi connectivity index (χ0n) is 28.0. The van der Waals surface area contributed by atoms with Gasteiger partial charge in [-0.05, 0) is 71.7 Å². The normalized spacial score (nSPS) is 11.9. The molecule has 1 heterocycles. The van der Waals surface area contributed by atoms with E-state index in [1.807, 2.05) is 99.6 Å². The molecule has 0 saturated carbocycles. The van der Waals surface area contributed by atoms with Crippen LogP contribution < -0.4 is 5.32 Å². The number of rotatable bonds is 14. The van der Waals surface area contributed by atoms with Gasteiger partial charge in [-0.15, -0.1) is 0 Å². The number of benzene rings is 4. The van der Waals surface area contributed by atoms with Crippen LogP contribution in [-0.2, 0) is 24.2 Å². The first kappa shape index (κ1) is 34.6. The number of carbonyl (C=O) groups is 3. The Hall–Kier alpha value is -4.69. The summed E-state index contributed by atoms with van der Waals surface area (Å²) in [5, 5.41) is 13.0. The summed E-state index contributed by atoms with van der Waals surface area (Å²) in [6, 6.07) is 28.6. The Labute approximate surface area is 286 Å². The molecule has 1 aromatic heterocycles. The molecular formula is C40H43N3O4S. The standard InChI is InChI=1S/C40H43N3O4S/c1-5-11-36-42-38-27(4)21-31(39(45)41-32(22-28-12-7-6-8-13-28)25-48-37(44)20-26(2)3)23-35(38)43(36)24-29-16-18-30(19-17-29)33-14-9-10-15-34(33)40(46)47/h6-10,12-19,21,23,26,32H,5,11,20,22,24-25H2,1-4H3,(H,41,45)(H,46,47)/t32-/m1/s1. The van der Waals surface area contributed by atoms with Gasteiger partial charge in [-0.2, -0.15) is 0 Å². The zero-order chi connectivity index (χ0) is 34.2. The molecule has 2 N–H and O–H groups in total. The fourth-order valence-electron chi connectivity index (χ4n) is 5.96. The summed E-state index contributed by atoms with van der Waals surface area (Å²) in [6.45, 7) is 8.74. The Morgan fingerprint density at radius 3 is 2.31 bits per heavy atom. The van der Waals surface area contributed by atoms with E-state index in [4.69, 9.17) is 4.98 Å². The van der Waals surface area contributed by atoms with Crippen molar-refractivity contribution in [1.82, 2.24) is 14.9 Å². The summed E-state index contributed by atoms with van der Waals surface area (Å²) in [6.07, 6.45) is 2.85. The summed E-state index contributed by atoms with van der Waals surface area (Å²) in [5.74, 6) is 0.609. The fraction of sp³-hybridized carbons (Fsp3) is 0.300. The quantitative estimate of drug-likeness (QED) is 0.124. The number of nitrogens with zero attached hydrogens (tertiary/aromatic N) is 2. The van der Waals surface area contributed by atoms with Gasteiger partial charge in [0.2, 0.25) is 0 Å². The summed E-state index contributed by atoms with van der Waals surface area (Å²) < 4.78 is 2.19. The lowest BCUT2D eigenvalue weighted by atomic mass is 9.98. The van der Waals surface area contributed by atoms with Gasteiger partial charge >= 0.3 is 5.97 Å². The second-order valence-electron chi connectivity index (χ2n) is 12.7. The highest BCUT2D eigenvalue weighted by Crippen LogP contribution is 2.27. The minimum Gasteiger partial charge on any atom is -0.478 e. The lowest BCUT2D eigenvalue weighted by Crippen LogP contribution is -2.38.